The third-order valence-corrected chi connectivity index (χ3v) is 4.92. The molecule has 2 aliphatic rings. The molecular weight excluding hydrogens is 302 g/mol. The number of anilines is 2. The number of piperidine rings is 1. The van der Waals surface area contributed by atoms with Gasteiger partial charge in [-0.15, -0.1) is 0 Å². The Bertz CT molecular complexity index is 603. The lowest BCUT2D eigenvalue weighted by molar-refractivity contribution is -0.115. The van der Waals surface area contributed by atoms with Gasteiger partial charge in [0.05, 0.1) is 5.56 Å². The van der Waals surface area contributed by atoms with Crippen LogP contribution in [0.5, 0.6) is 0 Å². The largest absolute Gasteiger partial charge is 0.371 e. The molecule has 2 aliphatic heterocycles. The standard InChI is InChI=1S/C19H27N3O2/c1-2-18(23)20-15-8-9-17(21-10-6-7-11-21)16(14-15)19(24)22-12-4-3-5-13-22/h8-9,14H,2-7,10-13H2,1H3,(H,20,23). The molecule has 1 N–H and O–H groups in total. The smallest absolute Gasteiger partial charge is 0.256 e. The van der Waals surface area contributed by atoms with Crippen LogP contribution in [-0.4, -0.2) is 42.9 Å². The number of nitrogens with zero attached hydrogens (tertiary/aromatic N) is 2. The van der Waals surface area contributed by atoms with E-state index in [4.69, 9.17) is 0 Å². The number of likely N-dealkylation sites (tertiary alicyclic amines) is 1. The third kappa shape index (κ3) is 3.71. The Morgan fingerprint density at radius 3 is 2.33 bits per heavy atom. The van der Waals surface area contributed by atoms with Gasteiger partial charge in [-0.3, -0.25) is 9.59 Å². The minimum Gasteiger partial charge on any atom is -0.371 e. The molecule has 24 heavy (non-hydrogen) atoms. The van der Waals surface area contributed by atoms with Crippen LogP contribution in [0.3, 0.4) is 0 Å². The van der Waals surface area contributed by atoms with Gasteiger partial charge in [0.25, 0.3) is 5.91 Å². The second-order valence-electron chi connectivity index (χ2n) is 6.68. The second-order valence-corrected chi connectivity index (χ2v) is 6.68. The molecule has 0 aromatic heterocycles. The van der Waals surface area contributed by atoms with Crippen LogP contribution in [0.1, 0.15) is 55.8 Å². The molecule has 1 aromatic rings. The first kappa shape index (κ1) is 16.8. The number of hydrogen-bond donors (Lipinski definition) is 1. The maximum absolute atomic E-state index is 13.1. The molecule has 2 saturated heterocycles. The normalized spacial score (nSPS) is 17.9. The molecule has 0 atom stereocenters. The van der Waals surface area contributed by atoms with Crippen molar-refractivity contribution in [2.75, 3.05) is 36.4 Å². The number of hydrogen-bond acceptors (Lipinski definition) is 3. The second kappa shape index (κ2) is 7.69. The van der Waals surface area contributed by atoms with E-state index in [9.17, 15) is 9.59 Å². The molecular formula is C19H27N3O2. The third-order valence-electron chi connectivity index (χ3n) is 4.92. The van der Waals surface area contributed by atoms with Gasteiger partial charge in [0.1, 0.15) is 0 Å². The zero-order valence-electron chi connectivity index (χ0n) is 14.5. The van der Waals surface area contributed by atoms with Crippen molar-refractivity contribution >= 4 is 23.2 Å². The van der Waals surface area contributed by atoms with Gasteiger partial charge in [-0.2, -0.15) is 0 Å². The van der Waals surface area contributed by atoms with E-state index in [1.165, 1.54) is 19.3 Å². The van der Waals surface area contributed by atoms with Gasteiger partial charge in [-0.25, -0.2) is 0 Å². The van der Waals surface area contributed by atoms with Gasteiger partial charge in [-0.1, -0.05) is 6.92 Å². The average Bonchev–Trinajstić information content (AvgIpc) is 3.16. The zero-order valence-corrected chi connectivity index (χ0v) is 14.5. The fourth-order valence-corrected chi connectivity index (χ4v) is 3.54. The molecule has 5 nitrogen and oxygen atoms in total. The molecule has 0 saturated carbocycles. The van der Waals surface area contributed by atoms with Crippen molar-refractivity contribution in [2.45, 2.75) is 45.4 Å². The Morgan fingerprint density at radius 1 is 1.00 bits per heavy atom. The van der Waals surface area contributed by atoms with Crippen molar-refractivity contribution in [3.05, 3.63) is 23.8 Å². The quantitative estimate of drug-likeness (QED) is 0.922. The van der Waals surface area contributed by atoms with Gasteiger partial charge in [0, 0.05) is 44.0 Å². The van der Waals surface area contributed by atoms with Gasteiger partial charge in [0.15, 0.2) is 0 Å². The number of benzene rings is 1. The highest BCUT2D eigenvalue weighted by atomic mass is 16.2. The Morgan fingerprint density at radius 2 is 1.67 bits per heavy atom. The lowest BCUT2D eigenvalue weighted by Crippen LogP contribution is -2.36. The minimum absolute atomic E-state index is 0.0275. The Kier molecular flexibility index (Phi) is 5.38. The van der Waals surface area contributed by atoms with Crippen LogP contribution in [-0.2, 0) is 4.79 Å². The first-order valence-electron chi connectivity index (χ1n) is 9.17. The Labute approximate surface area is 144 Å². The summed E-state index contributed by atoms with van der Waals surface area (Å²) in [5.74, 6) is 0.0736. The lowest BCUT2D eigenvalue weighted by atomic mass is 10.1. The fourth-order valence-electron chi connectivity index (χ4n) is 3.54. The summed E-state index contributed by atoms with van der Waals surface area (Å²) in [5, 5.41) is 2.88. The summed E-state index contributed by atoms with van der Waals surface area (Å²) in [6, 6.07) is 5.76. The van der Waals surface area contributed by atoms with E-state index in [0.717, 1.165) is 50.3 Å². The van der Waals surface area contributed by atoms with Gasteiger partial charge in [0.2, 0.25) is 5.91 Å². The molecule has 0 spiro atoms. The fraction of sp³-hybridized carbons (Fsp3) is 0.579. The molecule has 3 rings (SSSR count). The highest BCUT2D eigenvalue weighted by Crippen LogP contribution is 2.29. The Balaban J connectivity index is 1.90. The number of carbonyl (C=O) groups excluding carboxylic acids is 2. The zero-order chi connectivity index (χ0) is 16.9. The van der Waals surface area contributed by atoms with Crippen molar-refractivity contribution in [1.29, 1.82) is 0 Å². The topological polar surface area (TPSA) is 52.7 Å². The summed E-state index contributed by atoms with van der Waals surface area (Å²) in [6.07, 6.45) is 6.14. The van der Waals surface area contributed by atoms with Crippen molar-refractivity contribution in [2.24, 2.45) is 0 Å². The number of amides is 2. The Hall–Kier alpha value is -2.04. The van der Waals surface area contributed by atoms with Crippen molar-refractivity contribution in [3.8, 4) is 0 Å². The molecule has 2 heterocycles. The van der Waals surface area contributed by atoms with Gasteiger partial charge in [-0.05, 0) is 50.3 Å². The first-order valence-corrected chi connectivity index (χ1v) is 9.17. The first-order chi connectivity index (χ1) is 11.7. The van der Waals surface area contributed by atoms with E-state index in [1.54, 1.807) is 0 Å². The predicted octanol–water partition coefficient (Wildman–Crippen LogP) is 3.26. The van der Waals surface area contributed by atoms with Gasteiger partial charge < -0.3 is 15.1 Å². The highest BCUT2D eigenvalue weighted by Gasteiger charge is 2.24. The number of carbonyl (C=O) groups is 2. The summed E-state index contributed by atoms with van der Waals surface area (Å²) in [7, 11) is 0. The van der Waals surface area contributed by atoms with E-state index in [0.29, 0.717) is 12.1 Å². The highest BCUT2D eigenvalue weighted by molar-refractivity contribution is 6.02. The van der Waals surface area contributed by atoms with Crippen LogP contribution in [0.4, 0.5) is 11.4 Å². The molecule has 2 amide bonds. The molecule has 5 heteroatoms. The van der Waals surface area contributed by atoms with E-state index >= 15 is 0 Å². The van der Waals surface area contributed by atoms with Crippen LogP contribution in [0.15, 0.2) is 18.2 Å². The van der Waals surface area contributed by atoms with Crippen molar-refractivity contribution in [1.82, 2.24) is 4.90 Å². The molecule has 0 aliphatic carbocycles. The average molecular weight is 329 g/mol. The van der Waals surface area contributed by atoms with E-state index in [-0.39, 0.29) is 11.8 Å². The van der Waals surface area contributed by atoms with Crippen LogP contribution in [0.2, 0.25) is 0 Å². The van der Waals surface area contributed by atoms with Crippen LogP contribution < -0.4 is 10.2 Å². The molecule has 130 valence electrons. The van der Waals surface area contributed by atoms with E-state index in [1.807, 2.05) is 30.0 Å². The molecule has 0 bridgehead atoms. The van der Waals surface area contributed by atoms with Crippen LogP contribution in [0.25, 0.3) is 0 Å². The molecule has 2 fully saturated rings. The molecule has 1 aromatic carbocycles. The van der Waals surface area contributed by atoms with Gasteiger partial charge >= 0.3 is 0 Å². The number of nitrogens with one attached hydrogen (secondary N) is 1. The van der Waals surface area contributed by atoms with Crippen molar-refractivity contribution < 1.29 is 9.59 Å². The summed E-state index contributed by atoms with van der Waals surface area (Å²) in [4.78, 5) is 29.0. The van der Waals surface area contributed by atoms with E-state index in [2.05, 4.69) is 10.2 Å². The monoisotopic (exact) mass is 329 g/mol. The summed E-state index contributed by atoms with van der Waals surface area (Å²) in [5.41, 5.74) is 2.45. The molecule has 0 unspecified atom stereocenters. The summed E-state index contributed by atoms with van der Waals surface area (Å²) in [6.45, 7) is 5.50. The van der Waals surface area contributed by atoms with Crippen LogP contribution >= 0.6 is 0 Å². The summed E-state index contributed by atoms with van der Waals surface area (Å²) < 4.78 is 0. The molecule has 0 radical (unpaired) electrons. The van der Waals surface area contributed by atoms with Crippen LogP contribution in [0, 0.1) is 0 Å². The van der Waals surface area contributed by atoms with Crippen molar-refractivity contribution in [3.63, 3.8) is 0 Å². The maximum Gasteiger partial charge on any atom is 0.256 e. The predicted molar refractivity (Wildman–Crippen MR) is 96.6 cm³/mol. The van der Waals surface area contributed by atoms with E-state index < -0.39 is 0 Å². The maximum atomic E-state index is 13.1. The SMILES string of the molecule is CCC(=O)Nc1ccc(N2CCCC2)c(C(=O)N2CCCCC2)c1. The minimum atomic E-state index is -0.0275. The number of rotatable bonds is 4. The lowest BCUT2D eigenvalue weighted by Gasteiger charge is -2.29. The summed E-state index contributed by atoms with van der Waals surface area (Å²) >= 11 is 0.